The van der Waals surface area contributed by atoms with Crippen LogP contribution >= 0.6 is 11.3 Å². The van der Waals surface area contributed by atoms with Gasteiger partial charge in [0.05, 0.1) is 11.0 Å². The first-order valence-corrected chi connectivity index (χ1v) is 7.36. The van der Waals surface area contributed by atoms with Gasteiger partial charge in [-0.1, -0.05) is 6.07 Å². The maximum atomic E-state index is 11.9. The number of aromatic hydroxyl groups is 2. The minimum Gasteiger partial charge on any atom is -0.504 e. The van der Waals surface area contributed by atoms with E-state index < -0.39 is 6.04 Å². The number of nitrogens with zero attached hydrogens (tertiary/aromatic N) is 1. The molecular weight excluding hydrogens is 290 g/mol. The second-order valence-electron chi connectivity index (χ2n) is 4.60. The van der Waals surface area contributed by atoms with Crippen LogP contribution in [0.15, 0.2) is 29.8 Å². The van der Waals surface area contributed by atoms with Crippen LogP contribution in [0.25, 0.3) is 0 Å². The summed E-state index contributed by atoms with van der Waals surface area (Å²) in [4.78, 5) is 16.0. The number of hydrogen-bond donors (Lipinski definition) is 4. The number of phenols is 2. The number of nitrogens with one attached hydrogen (secondary N) is 1. The third-order valence-corrected chi connectivity index (χ3v) is 3.79. The van der Waals surface area contributed by atoms with Crippen molar-refractivity contribution in [2.45, 2.75) is 18.9 Å². The standard InChI is InChI=1S/C14H17N3O3S/c15-10(7-9-1-2-11(18)12(19)8-9)14(20)17-4-3-13-16-5-6-21-13/h1-2,5-6,8,10,18-19H,3-4,7,15H2,(H,17,20)/t10-/m0/s1. The van der Waals surface area contributed by atoms with Gasteiger partial charge in [0.15, 0.2) is 11.5 Å². The summed E-state index contributed by atoms with van der Waals surface area (Å²) in [5.41, 5.74) is 6.52. The van der Waals surface area contributed by atoms with Gasteiger partial charge in [-0.3, -0.25) is 4.79 Å². The van der Waals surface area contributed by atoms with Gasteiger partial charge in [0.2, 0.25) is 5.91 Å². The summed E-state index contributed by atoms with van der Waals surface area (Å²) in [5.74, 6) is -0.664. The quantitative estimate of drug-likeness (QED) is 0.590. The van der Waals surface area contributed by atoms with Crippen LogP contribution < -0.4 is 11.1 Å². The van der Waals surface area contributed by atoms with E-state index in [2.05, 4.69) is 10.3 Å². The van der Waals surface area contributed by atoms with Crippen LogP contribution in [0.1, 0.15) is 10.6 Å². The molecule has 0 fully saturated rings. The molecule has 7 heteroatoms. The molecule has 0 saturated carbocycles. The molecule has 0 aliphatic heterocycles. The average Bonchev–Trinajstić information content (AvgIpc) is 2.96. The summed E-state index contributed by atoms with van der Waals surface area (Å²) < 4.78 is 0. The summed E-state index contributed by atoms with van der Waals surface area (Å²) in [6, 6.07) is 3.69. The number of aromatic nitrogens is 1. The maximum absolute atomic E-state index is 11.9. The van der Waals surface area contributed by atoms with Crippen LogP contribution in [0.2, 0.25) is 0 Å². The summed E-state index contributed by atoms with van der Waals surface area (Å²) in [7, 11) is 0. The number of thiazole rings is 1. The largest absolute Gasteiger partial charge is 0.504 e. The van der Waals surface area contributed by atoms with E-state index >= 15 is 0 Å². The third kappa shape index (κ3) is 4.44. The Balaban J connectivity index is 1.80. The SMILES string of the molecule is N[C@@H](Cc1ccc(O)c(O)c1)C(=O)NCCc1nccs1. The minimum atomic E-state index is -0.703. The molecule has 2 rings (SSSR count). The van der Waals surface area contributed by atoms with E-state index in [-0.39, 0.29) is 23.8 Å². The molecule has 1 atom stereocenters. The van der Waals surface area contributed by atoms with Gasteiger partial charge in [-0.2, -0.15) is 0 Å². The number of phenolic OH excluding ortho intramolecular Hbond substituents is 2. The highest BCUT2D eigenvalue weighted by Gasteiger charge is 2.14. The monoisotopic (exact) mass is 307 g/mol. The molecule has 2 aromatic rings. The Labute approximate surface area is 126 Å². The third-order valence-electron chi connectivity index (χ3n) is 2.95. The van der Waals surface area contributed by atoms with Crippen LogP contribution in [0.5, 0.6) is 11.5 Å². The second-order valence-corrected chi connectivity index (χ2v) is 5.58. The van der Waals surface area contributed by atoms with Crippen molar-refractivity contribution in [2.75, 3.05) is 6.54 Å². The molecule has 0 unspecified atom stereocenters. The molecule has 21 heavy (non-hydrogen) atoms. The zero-order valence-corrected chi connectivity index (χ0v) is 12.1. The Hall–Kier alpha value is -2.12. The van der Waals surface area contributed by atoms with Crippen molar-refractivity contribution in [3.8, 4) is 11.5 Å². The van der Waals surface area contributed by atoms with Crippen LogP contribution in [-0.2, 0) is 17.6 Å². The lowest BCUT2D eigenvalue weighted by Crippen LogP contribution is -2.42. The number of carbonyl (C=O) groups excluding carboxylic acids is 1. The number of nitrogens with two attached hydrogens (primary N) is 1. The maximum Gasteiger partial charge on any atom is 0.237 e. The highest BCUT2D eigenvalue weighted by atomic mass is 32.1. The number of hydrogen-bond acceptors (Lipinski definition) is 6. The normalized spacial score (nSPS) is 12.0. The van der Waals surface area contributed by atoms with E-state index in [0.717, 1.165) is 5.01 Å². The molecule has 0 saturated heterocycles. The molecule has 1 aromatic heterocycles. The van der Waals surface area contributed by atoms with Crippen molar-refractivity contribution in [3.05, 3.63) is 40.3 Å². The molecule has 6 nitrogen and oxygen atoms in total. The summed E-state index contributed by atoms with van der Waals surface area (Å²) >= 11 is 1.54. The van der Waals surface area contributed by atoms with Crippen LogP contribution in [0.4, 0.5) is 0 Å². The van der Waals surface area contributed by atoms with E-state index in [1.54, 1.807) is 23.6 Å². The zero-order valence-electron chi connectivity index (χ0n) is 11.3. The molecule has 0 spiro atoms. The van der Waals surface area contributed by atoms with Gasteiger partial charge in [0.1, 0.15) is 0 Å². The average molecular weight is 307 g/mol. The molecule has 112 valence electrons. The highest BCUT2D eigenvalue weighted by molar-refractivity contribution is 7.09. The molecule has 0 aliphatic carbocycles. The van der Waals surface area contributed by atoms with Gasteiger partial charge in [0, 0.05) is 24.5 Å². The van der Waals surface area contributed by atoms with Crippen molar-refractivity contribution < 1.29 is 15.0 Å². The molecule has 1 heterocycles. The van der Waals surface area contributed by atoms with Crippen LogP contribution in [-0.4, -0.2) is 33.7 Å². The lowest BCUT2D eigenvalue weighted by molar-refractivity contribution is -0.122. The molecule has 0 bridgehead atoms. The Morgan fingerprint density at radius 1 is 1.38 bits per heavy atom. The van der Waals surface area contributed by atoms with Crippen molar-refractivity contribution in [1.82, 2.24) is 10.3 Å². The number of carbonyl (C=O) groups is 1. The second kappa shape index (κ2) is 7.05. The number of rotatable bonds is 6. The van der Waals surface area contributed by atoms with Gasteiger partial charge < -0.3 is 21.3 Å². The van der Waals surface area contributed by atoms with E-state index in [1.807, 2.05) is 5.38 Å². The smallest absolute Gasteiger partial charge is 0.237 e. The summed E-state index contributed by atoms with van der Waals surface area (Å²) in [5, 5.41) is 24.2. The van der Waals surface area contributed by atoms with Crippen molar-refractivity contribution in [1.29, 1.82) is 0 Å². The lowest BCUT2D eigenvalue weighted by atomic mass is 10.1. The van der Waals surface area contributed by atoms with Gasteiger partial charge in [0.25, 0.3) is 0 Å². The lowest BCUT2D eigenvalue weighted by Gasteiger charge is -2.12. The molecule has 0 aliphatic rings. The molecular formula is C14H17N3O3S. The Morgan fingerprint density at radius 3 is 2.86 bits per heavy atom. The van der Waals surface area contributed by atoms with Crippen molar-refractivity contribution >= 4 is 17.2 Å². The molecule has 5 N–H and O–H groups in total. The predicted molar refractivity (Wildman–Crippen MR) is 80.3 cm³/mol. The summed E-state index contributed by atoms with van der Waals surface area (Å²) in [6.07, 6.45) is 2.69. The van der Waals surface area contributed by atoms with E-state index in [9.17, 15) is 15.0 Å². The first-order chi connectivity index (χ1) is 10.1. The molecule has 1 aromatic carbocycles. The van der Waals surface area contributed by atoms with E-state index in [0.29, 0.717) is 18.5 Å². The fraction of sp³-hybridized carbons (Fsp3) is 0.286. The van der Waals surface area contributed by atoms with E-state index in [4.69, 9.17) is 5.73 Å². The fourth-order valence-electron chi connectivity index (χ4n) is 1.84. The van der Waals surface area contributed by atoms with Crippen LogP contribution in [0, 0.1) is 0 Å². The molecule has 1 amide bonds. The topological polar surface area (TPSA) is 108 Å². The van der Waals surface area contributed by atoms with Gasteiger partial charge in [-0.15, -0.1) is 11.3 Å². The van der Waals surface area contributed by atoms with Gasteiger partial charge in [-0.05, 0) is 24.1 Å². The number of amides is 1. The predicted octanol–water partition coefficient (Wildman–Crippen LogP) is 0.783. The van der Waals surface area contributed by atoms with Crippen molar-refractivity contribution in [3.63, 3.8) is 0 Å². The number of benzene rings is 1. The zero-order chi connectivity index (χ0) is 15.2. The Bertz CT molecular complexity index is 602. The van der Waals surface area contributed by atoms with Gasteiger partial charge in [-0.25, -0.2) is 4.98 Å². The summed E-state index contributed by atoms with van der Waals surface area (Å²) in [6.45, 7) is 0.487. The minimum absolute atomic E-state index is 0.194. The van der Waals surface area contributed by atoms with Gasteiger partial charge >= 0.3 is 0 Å². The Kier molecular flexibility index (Phi) is 5.13. The van der Waals surface area contributed by atoms with Crippen LogP contribution in [0.3, 0.4) is 0 Å². The Morgan fingerprint density at radius 2 is 2.19 bits per heavy atom. The first kappa shape index (κ1) is 15.3. The molecule has 0 radical (unpaired) electrons. The first-order valence-electron chi connectivity index (χ1n) is 6.49. The highest BCUT2D eigenvalue weighted by Crippen LogP contribution is 2.25. The fourth-order valence-corrected chi connectivity index (χ4v) is 2.46. The van der Waals surface area contributed by atoms with E-state index in [1.165, 1.54) is 12.1 Å². The van der Waals surface area contributed by atoms with Crippen molar-refractivity contribution in [2.24, 2.45) is 5.73 Å².